The minimum atomic E-state index is 0.774. The molecule has 16 heavy (non-hydrogen) atoms. The van der Waals surface area contributed by atoms with Gasteiger partial charge in [0.05, 0.1) is 5.71 Å². The average molecular weight is 216 g/mol. The summed E-state index contributed by atoms with van der Waals surface area (Å²) >= 11 is 0. The molecule has 0 bridgehead atoms. The Morgan fingerprint density at radius 3 is 3.06 bits per heavy atom. The summed E-state index contributed by atoms with van der Waals surface area (Å²) in [4.78, 5) is 4.29. The van der Waals surface area contributed by atoms with Gasteiger partial charge in [0.25, 0.3) is 0 Å². The topological polar surface area (TPSA) is 45.5 Å². The van der Waals surface area contributed by atoms with Gasteiger partial charge in [-0.25, -0.2) is 0 Å². The van der Waals surface area contributed by atoms with Gasteiger partial charge in [0.15, 0.2) is 0 Å². The summed E-state index contributed by atoms with van der Waals surface area (Å²) in [7, 11) is 0. The third-order valence-corrected chi connectivity index (χ3v) is 2.90. The Kier molecular flexibility index (Phi) is 3.34. The SMILES string of the molecule is CCc1cc(C2=C/C(=N/O)CCC2)ccn1. The molecule has 1 aromatic heterocycles. The highest BCUT2D eigenvalue weighted by Gasteiger charge is 2.11. The molecule has 1 aliphatic carbocycles. The number of aromatic nitrogens is 1. The fourth-order valence-electron chi connectivity index (χ4n) is 1.98. The Morgan fingerprint density at radius 1 is 1.44 bits per heavy atom. The van der Waals surface area contributed by atoms with E-state index in [0.29, 0.717) is 0 Å². The smallest absolute Gasteiger partial charge is 0.0798 e. The first-order valence-electron chi connectivity index (χ1n) is 5.70. The fraction of sp³-hybridized carbons (Fsp3) is 0.385. The molecule has 0 fully saturated rings. The van der Waals surface area contributed by atoms with Crippen molar-refractivity contribution in [1.82, 2.24) is 4.98 Å². The molecule has 3 nitrogen and oxygen atoms in total. The second kappa shape index (κ2) is 4.92. The van der Waals surface area contributed by atoms with E-state index in [9.17, 15) is 0 Å². The number of allylic oxidation sites excluding steroid dienone is 2. The number of hydrogen-bond acceptors (Lipinski definition) is 3. The summed E-state index contributed by atoms with van der Waals surface area (Å²) in [5.74, 6) is 0. The lowest BCUT2D eigenvalue weighted by Crippen LogP contribution is -2.03. The normalized spacial score (nSPS) is 18.6. The molecule has 0 amide bonds. The molecule has 1 aromatic rings. The molecule has 0 saturated heterocycles. The lowest BCUT2D eigenvalue weighted by molar-refractivity contribution is 0.318. The van der Waals surface area contributed by atoms with Gasteiger partial charge >= 0.3 is 0 Å². The van der Waals surface area contributed by atoms with Gasteiger partial charge < -0.3 is 5.21 Å². The van der Waals surface area contributed by atoms with Crippen LogP contribution >= 0.6 is 0 Å². The summed E-state index contributed by atoms with van der Waals surface area (Å²) < 4.78 is 0. The van der Waals surface area contributed by atoms with Crippen LogP contribution in [0.2, 0.25) is 0 Å². The monoisotopic (exact) mass is 216 g/mol. The van der Waals surface area contributed by atoms with E-state index in [1.165, 1.54) is 11.1 Å². The Balaban J connectivity index is 2.32. The largest absolute Gasteiger partial charge is 0.411 e. The maximum absolute atomic E-state index is 8.79. The van der Waals surface area contributed by atoms with Crippen LogP contribution < -0.4 is 0 Å². The molecular weight excluding hydrogens is 200 g/mol. The van der Waals surface area contributed by atoms with Crippen LogP contribution in [0.4, 0.5) is 0 Å². The van der Waals surface area contributed by atoms with Crippen LogP contribution in [-0.2, 0) is 6.42 Å². The molecule has 0 unspecified atom stereocenters. The van der Waals surface area contributed by atoms with E-state index in [-0.39, 0.29) is 0 Å². The number of hydrogen-bond donors (Lipinski definition) is 1. The van der Waals surface area contributed by atoms with E-state index in [2.05, 4.69) is 23.1 Å². The van der Waals surface area contributed by atoms with Crippen LogP contribution in [-0.4, -0.2) is 15.9 Å². The molecule has 0 radical (unpaired) electrons. The molecule has 0 spiro atoms. The van der Waals surface area contributed by atoms with E-state index in [1.807, 2.05) is 18.3 Å². The summed E-state index contributed by atoms with van der Waals surface area (Å²) in [6, 6.07) is 4.14. The van der Waals surface area contributed by atoms with Crippen LogP contribution in [0.1, 0.15) is 37.4 Å². The van der Waals surface area contributed by atoms with Crippen molar-refractivity contribution in [3.63, 3.8) is 0 Å². The predicted octanol–water partition coefficient (Wildman–Crippen LogP) is 3.04. The molecule has 1 heterocycles. The van der Waals surface area contributed by atoms with Crippen molar-refractivity contribution in [2.75, 3.05) is 0 Å². The molecule has 0 atom stereocenters. The number of pyridine rings is 1. The molecular formula is C13H16N2O. The van der Waals surface area contributed by atoms with Gasteiger partial charge in [0.1, 0.15) is 0 Å². The molecule has 1 aliphatic rings. The van der Waals surface area contributed by atoms with E-state index in [0.717, 1.165) is 37.1 Å². The third kappa shape index (κ3) is 2.30. The quantitative estimate of drug-likeness (QED) is 0.610. The Hall–Kier alpha value is -1.64. The molecule has 84 valence electrons. The van der Waals surface area contributed by atoms with Crippen molar-refractivity contribution in [2.45, 2.75) is 32.6 Å². The van der Waals surface area contributed by atoms with Crippen LogP contribution in [0.15, 0.2) is 29.6 Å². The van der Waals surface area contributed by atoms with Gasteiger partial charge in [-0.15, -0.1) is 0 Å². The second-order valence-electron chi connectivity index (χ2n) is 4.00. The first-order valence-corrected chi connectivity index (χ1v) is 5.70. The van der Waals surface area contributed by atoms with Crippen molar-refractivity contribution >= 4 is 11.3 Å². The summed E-state index contributed by atoms with van der Waals surface area (Å²) in [6.45, 7) is 2.10. The third-order valence-electron chi connectivity index (χ3n) is 2.90. The van der Waals surface area contributed by atoms with Crippen molar-refractivity contribution in [1.29, 1.82) is 0 Å². The van der Waals surface area contributed by atoms with Crippen LogP contribution in [0.25, 0.3) is 5.57 Å². The number of nitrogens with zero attached hydrogens (tertiary/aromatic N) is 2. The number of oxime groups is 1. The zero-order chi connectivity index (χ0) is 11.4. The van der Waals surface area contributed by atoms with Crippen LogP contribution in [0.3, 0.4) is 0 Å². The zero-order valence-electron chi connectivity index (χ0n) is 9.48. The predicted molar refractivity (Wildman–Crippen MR) is 64.7 cm³/mol. The van der Waals surface area contributed by atoms with E-state index in [1.54, 1.807) is 0 Å². The zero-order valence-corrected chi connectivity index (χ0v) is 9.48. The molecule has 3 heteroatoms. The lowest BCUT2D eigenvalue weighted by Gasteiger charge is -2.14. The first-order chi connectivity index (χ1) is 7.83. The standard InChI is InChI=1S/C13H16N2O/c1-2-12-8-11(6-7-14-12)10-4-3-5-13(9-10)15-16/h6-9,16H,2-5H2,1H3/b15-13+. The lowest BCUT2D eigenvalue weighted by atomic mass is 9.93. The molecule has 0 aromatic carbocycles. The summed E-state index contributed by atoms with van der Waals surface area (Å²) in [6.07, 6.45) is 7.74. The van der Waals surface area contributed by atoms with Crippen molar-refractivity contribution in [3.8, 4) is 0 Å². The van der Waals surface area contributed by atoms with Gasteiger partial charge in [-0.2, -0.15) is 0 Å². The van der Waals surface area contributed by atoms with Crippen LogP contribution in [0, 0.1) is 0 Å². The van der Waals surface area contributed by atoms with E-state index < -0.39 is 0 Å². The minimum Gasteiger partial charge on any atom is -0.411 e. The van der Waals surface area contributed by atoms with Crippen molar-refractivity contribution in [2.24, 2.45) is 5.16 Å². The molecule has 0 saturated carbocycles. The van der Waals surface area contributed by atoms with Gasteiger partial charge in [-0.3, -0.25) is 4.98 Å². The second-order valence-corrected chi connectivity index (χ2v) is 4.00. The fourth-order valence-corrected chi connectivity index (χ4v) is 1.98. The van der Waals surface area contributed by atoms with Crippen LogP contribution in [0.5, 0.6) is 0 Å². The highest BCUT2D eigenvalue weighted by atomic mass is 16.4. The van der Waals surface area contributed by atoms with Crippen molar-refractivity contribution < 1.29 is 5.21 Å². The Morgan fingerprint density at radius 2 is 2.31 bits per heavy atom. The van der Waals surface area contributed by atoms with Gasteiger partial charge in [-0.1, -0.05) is 12.1 Å². The summed E-state index contributed by atoms with van der Waals surface area (Å²) in [5.41, 5.74) is 4.33. The first kappa shape index (κ1) is 10.9. The summed E-state index contributed by atoms with van der Waals surface area (Å²) in [5, 5.41) is 12.1. The maximum atomic E-state index is 8.79. The van der Waals surface area contributed by atoms with E-state index in [4.69, 9.17) is 5.21 Å². The molecule has 1 N–H and O–H groups in total. The highest BCUT2D eigenvalue weighted by molar-refractivity contribution is 6.01. The van der Waals surface area contributed by atoms with E-state index >= 15 is 0 Å². The Labute approximate surface area is 95.5 Å². The molecule has 2 rings (SSSR count). The van der Waals surface area contributed by atoms with Crippen molar-refractivity contribution in [3.05, 3.63) is 35.7 Å². The molecule has 0 aliphatic heterocycles. The minimum absolute atomic E-state index is 0.774. The van der Waals surface area contributed by atoms with Gasteiger partial charge in [0, 0.05) is 11.9 Å². The number of aryl methyl sites for hydroxylation is 1. The number of rotatable bonds is 2. The average Bonchev–Trinajstić information content (AvgIpc) is 2.39. The highest BCUT2D eigenvalue weighted by Crippen LogP contribution is 2.25. The van der Waals surface area contributed by atoms with Gasteiger partial charge in [0.2, 0.25) is 0 Å². The Bertz CT molecular complexity index is 435. The maximum Gasteiger partial charge on any atom is 0.0798 e. The van der Waals surface area contributed by atoms with Gasteiger partial charge in [-0.05, 0) is 55.0 Å².